The first-order valence-corrected chi connectivity index (χ1v) is 5.93. The van der Waals surface area contributed by atoms with Crippen molar-refractivity contribution in [1.82, 2.24) is 0 Å². The van der Waals surface area contributed by atoms with Crippen LogP contribution in [0.25, 0.3) is 0 Å². The Hall–Kier alpha value is -0.640. The molecule has 0 bridgehead atoms. The minimum atomic E-state index is -4.10. The highest BCUT2D eigenvalue weighted by atomic mass is 32.2. The molecule has 1 fully saturated rings. The number of thioether (sulfide) groups is 1. The van der Waals surface area contributed by atoms with Gasteiger partial charge in [0.25, 0.3) is 0 Å². The van der Waals surface area contributed by atoms with Crippen molar-refractivity contribution in [2.75, 3.05) is 6.26 Å². The number of hydrogen-bond acceptors (Lipinski definition) is 1. The van der Waals surface area contributed by atoms with E-state index >= 15 is 0 Å². The maximum atomic E-state index is 12.8. The van der Waals surface area contributed by atoms with Gasteiger partial charge in [0.05, 0.1) is 5.41 Å². The van der Waals surface area contributed by atoms with Crippen molar-refractivity contribution in [3.05, 3.63) is 29.8 Å². The van der Waals surface area contributed by atoms with Crippen LogP contribution in [-0.2, 0) is 5.41 Å². The van der Waals surface area contributed by atoms with Gasteiger partial charge in [-0.1, -0.05) is 12.1 Å². The number of rotatable bonds is 2. The van der Waals surface area contributed by atoms with E-state index in [9.17, 15) is 13.2 Å². The Morgan fingerprint density at radius 1 is 1.13 bits per heavy atom. The van der Waals surface area contributed by atoms with E-state index in [-0.39, 0.29) is 12.8 Å². The van der Waals surface area contributed by atoms with Crippen LogP contribution in [0.3, 0.4) is 0 Å². The van der Waals surface area contributed by atoms with Crippen LogP contribution >= 0.6 is 11.8 Å². The Labute approximate surface area is 90.9 Å². The van der Waals surface area contributed by atoms with Gasteiger partial charge in [0.2, 0.25) is 0 Å². The fourth-order valence-electron chi connectivity index (χ4n) is 1.77. The van der Waals surface area contributed by atoms with Crippen LogP contribution in [0.2, 0.25) is 0 Å². The van der Waals surface area contributed by atoms with Crippen LogP contribution in [-0.4, -0.2) is 12.4 Å². The summed E-state index contributed by atoms with van der Waals surface area (Å²) in [7, 11) is 0. The first kappa shape index (κ1) is 10.9. The molecule has 0 nitrogen and oxygen atoms in total. The lowest BCUT2D eigenvalue weighted by molar-refractivity contribution is -0.160. The summed E-state index contributed by atoms with van der Waals surface area (Å²) in [6.07, 6.45) is -1.73. The van der Waals surface area contributed by atoms with Crippen molar-refractivity contribution >= 4 is 11.8 Å². The predicted octanol–water partition coefficient (Wildman–Crippen LogP) is 4.00. The van der Waals surface area contributed by atoms with Crippen LogP contribution in [0.4, 0.5) is 13.2 Å². The molecule has 1 saturated carbocycles. The van der Waals surface area contributed by atoms with Gasteiger partial charge >= 0.3 is 6.18 Å². The third kappa shape index (κ3) is 1.75. The van der Waals surface area contributed by atoms with Crippen molar-refractivity contribution in [1.29, 1.82) is 0 Å². The Kier molecular flexibility index (Phi) is 2.49. The summed E-state index contributed by atoms with van der Waals surface area (Å²) in [5.74, 6) is 0. The van der Waals surface area contributed by atoms with Crippen LogP contribution in [0.1, 0.15) is 18.4 Å². The van der Waals surface area contributed by atoms with Gasteiger partial charge in [-0.25, -0.2) is 0 Å². The lowest BCUT2D eigenvalue weighted by atomic mass is 9.95. The lowest BCUT2D eigenvalue weighted by Gasteiger charge is -2.19. The molecule has 0 heterocycles. The van der Waals surface area contributed by atoms with Crippen LogP contribution in [0, 0.1) is 0 Å². The van der Waals surface area contributed by atoms with Crippen molar-refractivity contribution in [3.8, 4) is 0 Å². The molecule has 0 amide bonds. The first-order chi connectivity index (χ1) is 6.99. The molecule has 2 rings (SSSR count). The van der Waals surface area contributed by atoms with E-state index in [1.54, 1.807) is 24.3 Å². The maximum absolute atomic E-state index is 12.8. The van der Waals surface area contributed by atoms with E-state index in [1.165, 1.54) is 11.8 Å². The summed E-state index contributed by atoms with van der Waals surface area (Å²) >= 11 is 1.53. The second kappa shape index (κ2) is 3.44. The maximum Gasteiger partial charge on any atom is 0.398 e. The molecule has 0 atom stereocenters. The zero-order valence-electron chi connectivity index (χ0n) is 8.27. The molecule has 0 unspecified atom stereocenters. The van der Waals surface area contributed by atoms with E-state index in [2.05, 4.69) is 0 Å². The highest BCUT2D eigenvalue weighted by Crippen LogP contribution is 2.58. The summed E-state index contributed by atoms with van der Waals surface area (Å²) in [5, 5.41) is 0. The Balaban J connectivity index is 2.30. The second-order valence-corrected chi connectivity index (χ2v) is 4.69. The minimum Gasteiger partial charge on any atom is -0.170 e. The molecule has 1 aromatic rings. The Bertz CT molecular complexity index is 349. The number of benzene rings is 1. The van der Waals surface area contributed by atoms with Crippen LogP contribution in [0.5, 0.6) is 0 Å². The summed E-state index contributed by atoms with van der Waals surface area (Å²) in [4.78, 5) is 0.997. The van der Waals surface area contributed by atoms with E-state index in [0.29, 0.717) is 5.56 Å². The van der Waals surface area contributed by atoms with Crippen molar-refractivity contribution in [3.63, 3.8) is 0 Å². The van der Waals surface area contributed by atoms with E-state index < -0.39 is 11.6 Å². The Morgan fingerprint density at radius 2 is 1.67 bits per heavy atom. The molecule has 0 spiro atoms. The van der Waals surface area contributed by atoms with E-state index in [0.717, 1.165) is 4.90 Å². The number of alkyl halides is 3. The molecule has 0 radical (unpaired) electrons. The SMILES string of the molecule is CSc1ccc(C2(C(F)(F)F)CC2)cc1. The molecule has 1 aliphatic carbocycles. The molecule has 0 aromatic heterocycles. The predicted molar refractivity (Wildman–Crippen MR) is 55.2 cm³/mol. The van der Waals surface area contributed by atoms with Gasteiger partial charge in [0, 0.05) is 4.90 Å². The van der Waals surface area contributed by atoms with Gasteiger partial charge in [-0.2, -0.15) is 13.2 Å². The monoisotopic (exact) mass is 232 g/mol. The van der Waals surface area contributed by atoms with Crippen LogP contribution < -0.4 is 0 Å². The average molecular weight is 232 g/mol. The summed E-state index contributed by atoms with van der Waals surface area (Å²) in [6.45, 7) is 0. The molecular weight excluding hydrogens is 221 g/mol. The normalized spacial score (nSPS) is 18.9. The topological polar surface area (TPSA) is 0 Å². The highest BCUT2D eigenvalue weighted by Gasteiger charge is 2.64. The molecule has 4 heteroatoms. The van der Waals surface area contributed by atoms with Gasteiger partial charge in [-0.05, 0) is 36.8 Å². The highest BCUT2D eigenvalue weighted by molar-refractivity contribution is 7.98. The molecule has 0 saturated heterocycles. The van der Waals surface area contributed by atoms with Gasteiger partial charge in [0.1, 0.15) is 0 Å². The quantitative estimate of drug-likeness (QED) is 0.694. The summed E-state index contributed by atoms with van der Waals surface area (Å²) in [5.41, 5.74) is -1.13. The fourth-order valence-corrected chi connectivity index (χ4v) is 2.18. The summed E-state index contributed by atoms with van der Waals surface area (Å²) in [6, 6.07) is 6.72. The van der Waals surface area contributed by atoms with Gasteiger partial charge in [-0.15, -0.1) is 11.8 Å². The molecule has 82 valence electrons. The van der Waals surface area contributed by atoms with Gasteiger partial charge in [-0.3, -0.25) is 0 Å². The van der Waals surface area contributed by atoms with Crippen LogP contribution in [0.15, 0.2) is 29.2 Å². The van der Waals surface area contributed by atoms with Gasteiger partial charge < -0.3 is 0 Å². The minimum absolute atomic E-state index is 0.231. The molecule has 0 aliphatic heterocycles. The largest absolute Gasteiger partial charge is 0.398 e. The zero-order chi connectivity index (χ0) is 11.1. The molecule has 1 aliphatic rings. The molecular formula is C11H11F3S. The third-order valence-corrected chi connectivity index (χ3v) is 3.68. The Morgan fingerprint density at radius 3 is 2.00 bits per heavy atom. The second-order valence-electron chi connectivity index (χ2n) is 3.81. The average Bonchev–Trinajstić information content (AvgIpc) is 2.98. The number of halogens is 3. The zero-order valence-corrected chi connectivity index (χ0v) is 9.08. The molecule has 0 N–H and O–H groups in total. The number of hydrogen-bond donors (Lipinski definition) is 0. The molecule has 1 aromatic carbocycles. The first-order valence-electron chi connectivity index (χ1n) is 4.71. The standard InChI is InChI=1S/C11H11F3S/c1-15-9-4-2-8(3-5-9)10(6-7-10)11(12,13)14/h2-5H,6-7H2,1H3. The fraction of sp³-hybridized carbons (Fsp3) is 0.455. The third-order valence-electron chi connectivity index (χ3n) is 2.94. The summed E-state index contributed by atoms with van der Waals surface area (Å²) < 4.78 is 38.3. The smallest absolute Gasteiger partial charge is 0.170 e. The van der Waals surface area contributed by atoms with Crippen molar-refractivity contribution in [2.45, 2.75) is 29.3 Å². The van der Waals surface area contributed by atoms with Crippen molar-refractivity contribution in [2.24, 2.45) is 0 Å². The van der Waals surface area contributed by atoms with Gasteiger partial charge in [0.15, 0.2) is 0 Å². The van der Waals surface area contributed by atoms with Crippen molar-refractivity contribution < 1.29 is 13.2 Å². The lowest BCUT2D eigenvalue weighted by Crippen LogP contribution is -2.28. The van der Waals surface area contributed by atoms with E-state index in [4.69, 9.17) is 0 Å². The van der Waals surface area contributed by atoms with E-state index in [1.807, 2.05) is 6.26 Å². The molecule has 15 heavy (non-hydrogen) atoms.